The Kier molecular flexibility index (Phi) is 7.86. The van der Waals surface area contributed by atoms with E-state index in [1.165, 1.54) is 6.33 Å². The number of aliphatic hydroxyl groups excluding tert-OH is 1. The van der Waals surface area contributed by atoms with Crippen LogP contribution in [0.1, 0.15) is 51.2 Å². The van der Waals surface area contributed by atoms with Gasteiger partial charge in [-0.25, -0.2) is 24.5 Å². The lowest BCUT2D eigenvalue weighted by Gasteiger charge is -2.30. The molecule has 1 aliphatic heterocycles. The number of rotatable bonds is 8. The minimum atomic E-state index is -1.34. The lowest BCUT2D eigenvalue weighted by atomic mass is 9.97. The third-order valence-corrected chi connectivity index (χ3v) is 7.32. The van der Waals surface area contributed by atoms with Gasteiger partial charge in [0.25, 0.3) is 0 Å². The number of hydrogen-bond donors (Lipinski definition) is 5. The van der Waals surface area contributed by atoms with Crippen LogP contribution in [0, 0.1) is 0 Å². The Labute approximate surface area is 246 Å². The first-order valence-electron chi connectivity index (χ1n) is 13.5. The second kappa shape index (κ2) is 11.2. The van der Waals surface area contributed by atoms with Gasteiger partial charge in [0.05, 0.1) is 26.0 Å². The number of carboxylic acid groups (broad SMARTS) is 1. The Morgan fingerprint density at radius 3 is 2.62 bits per heavy atom. The van der Waals surface area contributed by atoms with Crippen molar-refractivity contribution in [3.05, 3.63) is 40.9 Å². The summed E-state index contributed by atoms with van der Waals surface area (Å²) in [5, 5.41) is 28.2. The fourth-order valence-corrected chi connectivity index (χ4v) is 5.29. The number of nitrogens with zero attached hydrogens (tertiary/aromatic N) is 5. The van der Waals surface area contributed by atoms with Crippen LogP contribution in [0.15, 0.2) is 24.8 Å². The molecule has 1 saturated heterocycles. The maximum Gasteiger partial charge on any atom is 0.413 e. The molecule has 2 fully saturated rings. The van der Waals surface area contributed by atoms with E-state index in [-0.39, 0.29) is 43.9 Å². The molecule has 3 heterocycles. The van der Waals surface area contributed by atoms with Crippen molar-refractivity contribution < 1.29 is 29.3 Å². The van der Waals surface area contributed by atoms with Crippen LogP contribution < -0.4 is 20.9 Å². The van der Waals surface area contributed by atoms with Crippen molar-refractivity contribution in [1.82, 2.24) is 30.2 Å². The Morgan fingerprint density at radius 1 is 1.19 bits per heavy atom. The number of halogens is 1. The molecule has 3 amide bonds. The van der Waals surface area contributed by atoms with Crippen LogP contribution in [0.3, 0.4) is 0 Å². The van der Waals surface area contributed by atoms with Gasteiger partial charge in [-0.1, -0.05) is 11.6 Å². The van der Waals surface area contributed by atoms with Crippen molar-refractivity contribution in [2.24, 2.45) is 0 Å². The molecule has 5 rings (SSSR count). The molecule has 1 atom stereocenters. The number of amides is 3. The first kappa shape index (κ1) is 29.3. The van der Waals surface area contributed by atoms with Crippen molar-refractivity contribution >= 4 is 52.4 Å². The quantitative estimate of drug-likeness (QED) is 0.257. The Hall–Kier alpha value is -4.17. The number of carbonyl (C=O) groups excluding carboxylic acids is 2. The van der Waals surface area contributed by atoms with Crippen LogP contribution in [0.25, 0.3) is 11.2 Å². The van der Waals surface area contributed by atoms with E-state index in [4.69, 9.17) is 16.3 Å². The predicted octanol–water partition coefficient (Wildman–Crippen LogP) is 2.86. The van der Waals surface area contributed by atoms with Gasteiger partial charge >= 0.3 is 12.2 Å². The summed E-state index contributed by atoms with van der Waals surface area (Å²) in [5.74, 6) is -0.180. The van der Waals surface area contributed by atoms with Gasteiger partial charge in [0.15, 0.2) is 17.0 Å². The lowest BCUT2D eigenvalue weighted by Crippen LogP contribution is -2.60. The minimum absolute atomic E-state index is 0.0629. The topological polar surface area (TPSA) is 184 Å². The molecule has 224 valence electrons. The van der Waals surface area contributed by atoms with Crippen molar-refractivity contribution in [2.75, 3.05) is 23.3 Å². The molecule has 1 aliphatic carbocycles. The normalized spacial score (nSPS) is 18.6. The van der Waals surface area contributed by atoms with E-state index in [0.29, 0.717) is 39.5 Å². The number of benzene rings is 1. The number of fused-ring (bicyclic) bond motifs is 1. The number of ether oxygens (including phenoxy) is 1. The molecule has 0 spiro atoms. The van der Waals surface area contributed by atoms with Crippen molar-refractivity contribution in [1.29, 1.82) is 0 Å². The van der Waals surface area contributed by atoms with Gasteiger partial charge in [0.2, 0.25) is 5.91 Å². The van der Waals surface area contributed by atoms with Crippen LogP contribution in [0.4, 0.5) is 21.1 Å². The van der Waals surface area contributed by atoms with Gasteiger partial charge in [-0.2, -0.15) is 0 Å². The number of aliphatic hydroxyl groups is 1. The maximum absolute atomic E-state index is 13.2. The minimum Gasteiger partial charge on any atom is -0.465 e. The van der Waals surface area contributed by atoms with Gasteiger partial charge in [0, 0.05) is 28.9 Å². The molecular formula is C27H33ClN8O6. The van der Waals surface area contributed by atoms with E-state index in [1.807, 2.05) is 4.90 Å². The maximum atomic E-state index is 13.2. The van der Waals surface area contributed by atoms with Gasteiger partial charge < -0.3 is 35.1 Å². The van der Waals surface area contributed by atoms with E-state index in [9.17, 15) is 24.6 Å². The summed E-state index contributed by atoms with van der Waals surface area (Å²) in [7, 11) is 0. The predicted molar refractivity (Wildman–Crippen MR) is 154 cm³/mol. The van der Waals surface area contributed by atoms with Crippen LogP contribution in [0.2, 0.25) is 5.02 Å². The molecule has 0 radical (unpaired) electrons. The summed E-state index contributed by atoms with van der Waals surface area (Å²) in [5.41, 5.74) is 0.599. The van der Waals surface area contributed by atoms with Crippen molar-refractivity contribution in [2.45, 2.75) is 70.4 Å². The first-order valence-corrected chi connectivity index (χ1v) is 13.9. The highest BCUT2D eigenvalue weighted by Gasteiger charge is 2.48. The average Bonchev–Trinajstić information content (AvgIpc) is 3.46. The Morgan fingerprint density at radius 2 is 1.95 bits per heavy atom. The third-order valence-electron chi connectivity index (χ3n) is 7.11. The fraction of sp³-hybridized carbons (Fsp3) is 0.481. The molecule has 5 N–H and O–H groups in total. The van der Waals surface area contributed by atoms with Crippen LogP contribution in [-0.4, -0.2) is 78.1 Å². The molecule has 1 saturated carbocycles. The third kappa shape index (κ3) is 6.34. The zero-order valence-electron chi connectivity index (χ0n) is 23.5. The molecule has 1 unspecified atom stereocenters. The second-order valence-corrected chi connectivity index (χ2v) is 12.0. The van der Waals surface area contributed by atoms with E-state index in [2.05, 4.69) is 30.9 Å². The van der Waals surface area contributed by atoms with Gasteiger partial charge in [-0.3, -0.25) is 10.1 Å². The highest BCUT2D eigenvalue weighted by Crippen LogP contribution is 2.36. The van der Waals surface area contributed by atoms with Crippen LogP contribution in [-0.2, 0) is 22.7 Å². The van der Waals surface area contributed by atoms with Crippen molar-refractivity contribution in [3.8, 4) is 0 Å². The number of carbonyl (C=O) groups is 3. The highest BCUT2D eigenvalue weighted by atomic mass is 35.5. The molecule has 1 aromatic carbocycles. The summed E-state index contributed by atoms with van der Waals surface area (Å²) < 4.78 is 7.07. The second-order valence-electron chi connectivity index (χ2n) is 11.5. The standard InChI is InChI=1S/C27H33ClN8O6/c1-26(2,3)42-25(41)33-21-20-22(30-13-29-21)36(14-31-20)10-18-15(11-37)8-16(28)9-19(18)35-7-6-27(12-35,34-24(39)40)23(38)32-17-4-5-17/h8-9,13-14,17,34,37H,4-7,10-12H2,1-3H3,(H,32,38)(H,39,40)(H,29,30,33,41). The van der Waals surface area contributed by atoms with Gasteiger partial charge in [-0.05, 0) is 57.7 Å². The average molecular weight is 601 g/mol. The SMILES string of the molecule is CC(C)(C)OC(=O)Nc1ncnc2c1ncn2Cc1c(CO)cc(Cl)cc1N1CCC(NC(=O)O)(C(=O)NC2CC2)C1. The molecular weight excluding hydrogens is 568 g/mol. The summed E-state index contributed by atoms with van der Waals surface area (Å²) in [6.07, 6.45) is 2.86. The molecule has 42 heavy (non-hydrogen) atoms. The number of nitrogens with one attached hydrogen (secondary N) is 3. The van der Waals surface area contributed by atoms with E-state index < -0.39 is 23.3 Å². The summed E-state index contributed by atoms with van der Waals surface area (Å²) in [6, 6.07) is 3.45. The first-order chi connectivity index (χ1) is 19.9. The Balaban J connectivity index is 1.47. The van der Waals surface area contributed by atoms with Gasteiger partial charge in [0.1, 0.15) is 17.5 Å². The number of hydrogen-bond acceptors (Lipinski definition) is 9. The molecule has 3 aromatic rings. The highest BCUT2D eigenvalue weighted by molar-refractivity contribution is 6.31. The van der Waals surface area contributed by atoms with Gasteiger partial charge in [-0.15, -0.1) is 0 Å². The fourth-order valence-electron chi connectivity index (χ4n) is 5.06. The smallest absolute Gasteiger partial charge is 0.413 e. The van der Waals surface area contributed by atoms with E-state index >= 15 is 0 Å². The summed E-state index contributed by atoms with van der Waals surface area (Å²) in [6.45, 7) is 5.58. The van der Waals surface area contributed by atoms with Crippen LogP contribution >= 0.6 is 11.6 Å². The zero-order valence-corrected chi connectivity index (χ0v) is 24.2. The molecule has 0 bridgehead atoms. The van der Waals surface area contributed by atoms with Crippen molar-refractivity contribution in [3.63, 3.8) is 0 Å². The number of imidazole rings is 1. The summed E-state index contributed by atoms with van der Waals surface area (Å²) in [4.78, 5) is 52.1. The molecule has 2 aliphatic rings. The molecule has 14 nitrogen and oxygen atoms in total. The Bertz CT molecular complexity index is 1530. The monoisotopic (exact) mass is 600 g/mol. The molecule has 2 aromatic heterocycles. The number of anilines is 2. The largest absolute Gasteiger partial charge is 0.465 e. The zero-order chi connectivity index (χ0) is 30.2. The van der Waals surface area contributed by atoms with Crippen LogP contribution in [0.5, 0.6) is 0 Å². The lowest BCUT2D eigenvalue weighted by molar-refractivity contribution is -0.126. The van der Waals surface area contributed by atoms with E-state index in [1.54, 1.807) is 43.8 Å². The number of aromatic nitrogens is 4. The summed E-state index contributed by atoms with van der Waals surface area (Å²) >= 11 is 6.45. The molecule has 15 heteroatoms. The van der Waals surface area contributed by atoms with E-state index in [0.717, 1.165) is 12.8 Å².